The third-order valence-corrected chi connectivity index (χ3v) is 3.73. The van der Waals surface area contributed by atoms with Gasteiger partial charge in [0, 0.05) is 17.6 Å². The van der Waals surface area contributed by atoms with E-state index in [1.54, 1.807) is 25.1 Å². The van der Waals surface area contributed by atoms with Gasteiger partial charge in [0.1, 0.15) is 12.3 Å². The fourth-order valence-electron chi connectivity index (χ4n) is 2.11. The van der Waals surface area contributed by atoms with Gasteiger partial charge in [-0.25, -0.2) is 0 Å². The Balaban J connectivity index is 2.08. The van der Waals surface area contributed by atoms with Gasteiger partial charge in [-0.05, 0) is 31.5 Å². The summed E-state index contributed by atoms with van der Waals surface area (Å²) in [7, 11) is 0. The highest BCUT2D eigenvalue weighted by Crippen LogP contribution is 2.25. The van der Waals surface area contributed by atoms with Crippen LogP contribution in [-0.2, 0) is 4.79 Å². The van der Waals surface area contributed by atoms with Gasteiger partial charge in [0.25, 0.3) is 5.91 Å². The Kier molecular flexibility index (Phi) is 6.23. The Hall–Kier alpha value is -2.05. The van der Waals surface area contributed by atoms with Crippen LogP contribution in [-0.4, -0.2) is 35.0 Å². The predicted octanol–water partition coefficient (Wildman–Crippen LogP) is 3.78. The molecular formula is C16H17Cl2N3O3. The summed E-state index contributed by atoms with van der Waals surface area (Å²) >= 11 is 11.9. The summed E-state index contributed by atoms with van der Waals surface area (Å²) in [5.74, 6) is -0.202. The van der Waals surface area contributed by atoms with E-state index < -0.39 is 0 Å². The highest BCUT2D eigenvalue weighted by molar-refractivity contribution is 6.35. The first kappa shape index (κ1) is 18.3. The fourth-order valence-corrected chi connectivity index (χ4v) is 2.44. The van der Waals surface area contributed by atoms with Crippen LogP contribution >= 0.6 is 23.2 Å². The van der Waals surface area contributed by atoms with Gasteiger partial charge in [0.2, 0.25) is 5.91 Å². The number of carbonyl (C=O) groups is 2. The molecule has 0 spiro atoms. The van der Waals surface area contributed by atoms with E-state index in [-0.39, 0.29) is 24.1 Å². The van der Waals surface area contributed by atoms with Crippen molar-refractivity contribution < 1.29 is 14.1 Å². The van der Waals surface area contributed by atoms with Crippen molar-refractivity contribution in [1.29, 1.82) is 0 Å². The van der Waals surface area contributed by atoms with E-state index >= 15 is 0 Å². The third kappa shape index (κ3) is 4.72. The third-order valence-electron chi connectivity index (χ3n) is 3.16. The van der Waals surface area contributed by atoms with Gasteiger partial charge in [0.15, 0.2) is 5.69 Å². The van der Waals surface area contributed by atoms with E-state index in [1.165, 1.54) is 11.0 Å². The summed E-state index contributed by atoms with van der Waals surface area (Å²) in [5.41, 5.74) is 0.574. The van der Waals surface area contributed by atoms with Gasteiger partial charge >= 0.3 is 0 Å². The van der Waals surface area contributed by atoms with E-state index in [1.807, 2.05) is 6.92 Å². The number of carbonyl (C=O) groups excluding carboxylic acids is 2. The minimum Gasteiger partial charge on any atom is -0.361 e. The van der Waals surface area contributed by atoms with E-state index in [0.29, 0.717) is 34.5 Å². The Labute approximate surface area is 149 Å². The molecule has 0 radical (unpaired) electrons. The Morgan fingerprint density at radius 1 is 1.29 bits per heavy atom. The lowest BCUT2D eigenvalue weighted by Gasteiger charge is -2.20. The molecule has 1 heterocycles. The number of anilines is 1. The van der Waals surface area contributed by atoms with Crippen LogP contribution in [0.25, 0.3) is 0 Å². The zero-order chi connectivity index (χ0) is 17.7. The number of halogens is 2. The molecule has 8 heteroatoms. The molecule has 0 aliphatic heterocycles. The van der Waals surface area contributed by atoms with E-state index in [0.717, 1.165) is 0 Å². The van der Waals surface area contributed by atoms with Gasteiger partial charge in [-0.1, -0.05) is 35.3 Å². The maximum Gasteiger partial charge on any atom is 0.276 e. The highest BCUT2D eigenvalue weighted by Gasteiger charge is 2.21. The van der Waals surface area contributed by atoms with Crippen molar-refractivity contribution in [3.8, 4) is 0 Å². The summed E-state index contributed by atoms with van der Waals surface area (Å²) < 4.78 is 4.91. The van der Waals surface area contributed by atoms with Gasteiger partial charge in [-0.3, -0.25) is 9.59 Å². The molecule has 0 atom stereocenters. The van der Waals surface area contributed by atoms with Crippen molar-refractivity contribution in [2.45, 2.75) is 20.3 Å². The lowest BCUT2D eigenvalue weighted by molar-refractivity contribution is -0.116. The molecule has 24 heavy (non-hydrogen) atoms. The second-order valence-corrected chi connectivity index (χ2v) is 6.07. The standard InChI is InChI=1S/C16H17Cl2N3O3/c1-3-6-21(16(23)14-7-10(2)24-20-14)9-15(22)19-13-8-11(17)4-5-12(13)18/h4-5,7-8H,3,6,9H2,1-2H3,(H,19,22). The quantitative estimate of drug-likeness (QED) is 0.840. The lowest BCUT2D eigenvalue weighted by Crippen LogP contribution is -2.38. The lowest BCUT2D eigenvalue weighted by atomic mass is 10.3. The van der Waals surface area contributed by atoms with Crippen molar-refractivity contribution >= 4 is 40.7 Å². The van der Waals surface area contributed by atoms with E-state index in [9.17, 15) is 9.59 Å². The van der Waals surface area contributed by atoms with Crippen LogP contribution in [0.1, 0.15) is 29.6 Å². The van der Waals surface area contributed by atoms with Crippen LogP contribution in [0.2, 0.25) is 10.0 Å². The second-order valence-electron chi connectivity index (χ2n) is 5.22. The maximum absolute atomic E-state index is 12.4. The Morgan fingerprint density at radius 3 is 2.67 bits per heavy atom. The van der Waals surface area contributed by atoms with Crippen molar-refractivity contribution in [3.63, 3.8) is 0 Å². The molecule has 0 unspecified atom stereocenters. The van der Waals surface area contributed by atoms with Gasteiger partial charge in [0.05, 0.1) is 10.7 Å². The van der Waals surface area contributed by atoms with Crippen molar-refractivity contribution in [1.82, 2.24) is 10.1 Å². The second kappa shape index (κ2) is 8.17. The van der Waals surface area contributed by atoms with Crippen molar-refractivity contribution in [2.24, 2.45) is 0 Å². The number of amides is 2. The van der Waals surface area contributed by atoms with Gasteiger partial charge < -0.3 is 14.7 Å². The number of benzene rings is 1. The van der Waals surface area contributed by atoms with Crippen LogP contribution in [0, 0.1) is 6.92 Å². The van der Waals surface area contributed by atoms with E-state index in [4.69, 9.17) is 27.7 Å². The highest BCUT2D eigenvalue weighted by atomic mass is 35.5. The first-order chi connectivity index (χ1) is 11.4. The molecule has 0 saturated heterocycles. The summed E-state index contributed by atoms with van der Waals surface area (Å²) in [4.78, 5) is 26.1. The number of hydrogen-bond acceptors (Lipinski definition) is 4. The van der Waals surface area contributed by atoms with Crippen LogP contribution in [0.5, 0.6) is 0 Å². The molecule has 1 aromatic heterocycles. The monoisotopic (exact) mass is 369 g/mol. The molecule has 0 bridgehead atoms. The number of rotatable bonds is 6. The van der Waals surface area contributed by atoms with Crippen molar-refractivity contribution in [3.05, 3.63) is 45.8 Å². The number of aromatic nitrogens is 1. The fraction of sp³-hybridized carbons (Fsp3) is 0.312. The minimum atomic E-state index is -0.374. The number of nitrogens with zero attached hydrogens (tertiary/aromatic N) is 2. The molecule has 2 amide bonds. The Bertz CT molecular complexity index is 746. The Morgan fingerprint density at radius 2 is 2.04 bits per heavy atom. The first-order valence-electron chi connectivity index (χ1n) is 7.38. The topological polar surface area (TPSA) is 75.4 Å². The predicted molar refractivity (Wildman–Crippen MR) is 92.5 cm³/mol. The molecule has 128 valence electrons. The molecular weight excluding hydrogens is 353 g/mol. The zero-order valence-electron chi connectivity index (χ0n) is 13.3. The average molecular weight is 370 g/mol. The maximum atomic E-state index is 12.4. The SMILES string of the molecule is CCCN(CC(=O)Nc1cc(Cl)ccc1Cl)C(=O)c1cc(C)on1. The summed E-state index contributed by atoms with van der Waals surface area (Å²) in [6.45, 7) is 3.91. The molecule has 0 fully saturated rings. The molecule has 0 aliphatic rings. The minimum absolute atomic E-state index is 0.124. The zero-order valence-corrected chi connectivity index (χ0v) is 14.8. The molecule has 0 saturated carbocycles. The number of hydrogen-bond donors (Lipinski definition) is 1. The number of aryl methyl sites for hydroxylation is 1. The molecule has 6 nitrogen and oxygen atoms in total. The molecule has 1 aromatic carbocycles. The molecule has 2 rings (SSSR count). The largest absolute Gasteiger partial charge is 0.361 e. The van der Waals surface area contributed by atoms with Crippen LogP contribution in [0.15, 0.2) is 28.8 Å². The van der Waals surface area contributed by atoms with Crippen molar-refractivity contribution in [2.75, 3.05) is 18.4 Å². The average Bonchev–Trinajstić information content (AvgIpc) is 2.96. The van der Waals surface area contributed by atoms with Crippen LogP contribution in [0.4, 0.5) is 5.69 Å². The molecule has 0 aliphatic carbocycles. The number of nitrogens with one attached hydrogen (secondary N) is 1. The van der Waals surface area contributed by atoms with Gasteiger partial charge in [-0.2, -0.15) is 0 Å². The summed E-state index contributed by atoms with van der Waals surface area (Å²) in [6.07, 6.45) is 0.702. The molecule has 1 N–H and O–H groups in total. The summed E-state index contributed by atoms with van der Waals surface area (Å²) in [6, 6.07) is 6.30. The van der Waals surface area contributed by atoms with Crippen LogP contribution < -0.4 is 5.32 Å². The molecule has 2 aromatic rings. The summed E-state index contributed by atoms with van der Waals surface area (Å²) in [5, 5.41) is 7.18. The normalized spacial score (nSPS) is 10.5. The smallest absolute Gasteiger partial charge is 0.276 e. The van der Waals surface area contributed by atoms with Gasteiger partial charge in [-0.15, -0.1) is 0 Å². The van der Waals surface area contributed by atoms with E-state index in [2.05, 4.69) is 10.5 Å². The van der Waals surface area contributed by atoms with Crippen LogP contribution in [0.3, 0.4) is 0 Å². The first-order valence-corrected chi connectivity index (χ1v) is 8.13.